The standard InChI is InChI=1S/C21H18ClFO5/c1-2-3-14(8-21(24)25)13-4-6-15(7-5-13)26-11-16-12-27-19-10-18(23)17(22)9-20(19)28-16/h4-7,9-10,14,16H,8,11-12H2,1H3,(H,24,25)/t14-,16-/m0/s1. The van der Waals surface area contributed by atoms with Crippen molar-refractivity contribution in [3.05, 3.63) is 52.8 Å². The molecule has 0 spiro atoms. The minimum Gasteiger partial charge on any atom is -0.490 e. The number of hydrogen-bond acceptors (Lipinski definition) is 4. The average Bonchev–Trinajstić information content (AvgIpc) is 2.67. The van der Waals surface area contributed by atoms with Gasteiger partial charge in [0.05, 0.1) is 17.4 Å². The van der Waals surface area contributed by atoms with E-state index in [2.05, 4.69) is 11.8 Å². The predicted octanol–water partition coefficient (Wildman–Crippen LogP) is 4.28. The van der Waals surface area contributed by atoms with E-state index in [4.69, 9.17) is 30.9 Å². The zero-order valence-corrected chi connectivity index (χ0v) is 15.8. The number of carboxylic acid groups (broad SMARTS) is 1. The molecule has 0 bridgehead atoms. The second kappa shape index (κ2) is 8.85. The van der Waals surface area contributed by atoms with Gasteiger partial charge in [-0.15, -0.1) is 5.92 Å². The summed E-state index contributed by atoms with van der Waals surface area (Å²) in [5.41, 5.74) is 0.812. The highest BCUT2D eigenvalue weighted by Crippen LogP contribution is 2.36. The van der Waals surface area contributed by atoms with E-state index in [1.807, 2.05) is 0 Å². The Labute approximate surface area is 167 Å². The van der Waals surface area contributed by atoms with Crippen LogP contribution in [0.25, 0.3) is 0 Å². The smallest absolute Gasteiger partial charge is 0.304 e. The van der Waals surface area contributed by atoms with Gasteiger partial charge in [-0.2, -0.15) is 0 Å². The average molecular weight is 405 g/mol. The highest BCUT2D eigenvalue weighted by atomic mass is 35.5. The highest BCUT2D eigenvalue weighted by Gasteiger charge is 2.23. The van der Waals surface area contributed by atoms with Crippen molar-refractivity contribution in [1.82, 2.24) is 0 Å². The molecule has 5 nitrogen and oxygen atoms in total. The Balaban J connectivity index is 1.59. The van der Waals surface area contributed by atoms with Crippen molar-refractivity contribution in [1.29, 1.82) is 0 Å². The largest absolute Gasteiger partial charge is 0.490 e. The van der Waals surface area contributed by atoms with Crippen LogP contribution in [-0.2, 0) is 4.79 Å². The van der Waals surface area contributed by atoms with Crippen molar-refractivity contribution in [2.24, 2.45) is 0 Å². The van der Waals surface area contributed by atoms with Crippen molar-refractivity contribution in [2.45, 2.75) is 25.4 Å². The second-order valence-corrected chi connectivity index (χ2v) is 6.60. The van der Waals surface area contributed by atoms with Crippen LogP contribution in [0.3, 0.4) is 0 Å². The molecule has 2 aromatic rings. The van der Waals surface area contributed by atoms with Crippen LogP contribution in [0.5, 0.6) is 17.2 Å². The number of benzene rings is 2. The summed E-state index contributed by atoms with van der Waals surface area (Å²) in [4.78, 5) is 11.0. The van der Waals surface area contributed by atoms with E-state index in [1.54, 1.807) is 31.2 Å². The normalized spacial score (nSPS) is 15.9. The van der Waals surface area contributed by atoms with Crippen LogP contribution in [0, 0.1) is 17.7 Å². The fourth-order valence-corrected chi connectivity index (χ4v) is 2.93. The molecule has 1 aliphatic rings. The van der Waals surface area contributed by atoms with Crippen molar-refractivity contribution in [3.8, 4) is 29.1 Å². The fraction of sp³-hybridized carbons (Fsp3) is 0.286. The van der Waals surface area contributed by atoms with Crippen LogP contribution in [0.2, 0.25) is 5.02 Å². The number of fused-ring (bicyclic) bond motifs is 1. The molecule has 0 unspecified atom stereocenters. The van der Waals surface area contributed by atoms with E-state index in [0.29, 0.717) is 17.2 Å². The van der Waals surface area contributed by atoms with Gasteiger partial charge in [0.1, 0.15) is 24.8 Å². The third kappa shape index (κ3) is 4.87. The Morgan fingerprint density at radius 1 is 1.36 bits per heavy atom. The number of ether oxygens (including phenoxy) is 3. The molecule has 1 N–H and O–H groups in total. The van der Waals surface area contributed by atoms with E-state index in [0.717, 1.165) is 5.56 Å². The maximum Gasteiger partial charge on any atom is 0.304 e. The zero-order chi connectivity index (χ0) is 20.1. The van der Waals surface area contributed by atoms with E-state index in [9.17, 15) is 9.18 Å². The summed E-state index contributed by atoms with van der Waals surface area (Å²) in [5.74, 6) is 5.12. The summed E-state index contributed by atoms with van der Waals surface area (Å²) in [6.45, 7) is 2.12. The van der Waals surface area contributed by atoms with E-state index in [-0.39, 0.29) is 36.7 Å². The van der Waals surface area contributed by atoms with Crippen LogP contribution in [0.4, 0.5) is 4.39 Å². The first-order valence-corrected chi connectivity index (χ1v) is 8.99. The molecule has 1 aliphatic heterocycles. The Kier molecular flexibility index (Phi) is 6.27. The number of rotatable bonds is 6. The second-order valence-electron chi connectivity index (χ2n) is 6.19. The molecule has 0 aromatic heterocycles. The lowest BCUT2D eigenvalue weighted by molar-refractivity contribution is -0.137. The molecular formula is C21H18ClFO5. The van der Waals surface area contributed by atoms with Crippen LogP contribution < -0.4 is 14.2 Å². The summed E-state index contributed by atoms with van der Waals surface area (Å²) in [6, 6.07) is 9.67. The van der Waals surface area contributed by atoms with Gasteiger partial charge in [-0.25, -0.2) is 4.39 Å². The van der Waals surface area contributed by atoms with Gasteiger partial charge in [-0.1, -0.05) is 29.7 Å². The van der Waals surface area contributed by atoms with Gasteiger partial charge < -0.3 is 19.3 Å². The van der Waals surface area contributed by atoms with Gasteiger partial charge in [0.25, 0.3) is 0 Å². The maximum atomic E-state index is 13.4. The first kappa shape index (κ1) is 19.8. The van der Waals surface area contributed by atoms with E-state index >= 15 is 0 Å². The van der Waals surface area contributed by atoms with Crippen molar-refractivity contribution in [2.75, 3.05) is 13.2 Å². The van der Waals surface area contributed by atoms with Gasteiger partial charge in [-0.05, 0) is 24.6 Å². The molecule has 146 valence electrons. The molecule has 2 aromatic carbocycles. The van der Waals surface area contributed by atoms with Gasteiger partial charge in [0.2, 0.25) is 0 Å². The molecule has 1 heterocycles. The molecule has 0 fully saturated rings. The summed E-state index contributed by atoms with van der Waals surface area (Å²) in [6.07, 6.45) is -0.434. The van der Waals surface area contributed by atoms with Gasteiger partial charge in [0.15, 0.2) is 17.6 Å². The molecule has 0 saturated carbocycles. The van der Waals surface area contributed by atoms with Gasteiger partial charge in [-0.3, -0.25) is 4.79 Å². The van der Waals surface area contributed by atoms with Crippen LogP contribution in [-0.4, -0.2) is 30.4 Å². The molecule has 0 radical (unpaired) electrons. The quantitative estimate of drug-likeness (QED) is 0.728. The lowest BCUT2D eigenvalue weighted by Gasteiger charge is -2.26. The number of hydrogen-bond donors (Lipinski definition) is 1. The molecule has 28 heavy (non-hydrogen) atoms. The van der Waals surface area contributed by atoms with Crippen LogP contribution >= 0.6 is 11.6 Å². The summed E-state index contributed by atoms with van der Waals surface area (Å²) >= 11 is 5.77. The first-order chi connectivity index (χ1) is 13.5. The minimum absolute atomic E-state index is 0.0365. The van der Waals surface area contributed by atoms with E-state index in [1.165, 1.54) is 12.1 Å². The number of carbonyl (C=O) groups is 1. The molecule has 0 amide bonds. The Hall–Kier alpha value is -2.91. The monoisotopic (exact) mass is 404 g/mol. The molecule has 3 rings (SSSR count). The molecular weight excluding hydrogens is 387 g/mol. The third-order valence-corrected chi connectivity index (χ3v) is 4.41. The molecule has 0 aliphatic carbocycles. The maximum absolute atomic E-state index is 13.4. The van der Waals surface area contributed by atoms with Crippen LogP contribution in [0.1, 0.15) is 24.8 Å². The zero-order valence-electron chi connectivity index (χ0n) is 15.1. The fourth-order valence-electron chi connectivity index (χ4n) is 2.78. The predicted molar refractivity (Wildman–Crippen MR) is 102 cm³/mol. The first-order valence-electron chi connectivity index (χ1n) is 8.61. The number of aliphatic carboxylic acids is 1. The Morgan fingerprint density at radius 2 is 2.11 bits per heavy atom. The van der Waals surface area contributed by atoms with Crippen LogP contribution in [0.15, 0.2) is 36.4 Å². The van der Waals surface area contributed by atoms with Crippen molar-refractivity contribution >= 4 is 17.6 Å². The summed E-state index contributed by atoms with van der Waals surface area (Å²) < 4.78 is 30.4. The molecule has 2 atom stereocenters. The van der Waals surface area contributed by atoms with E-state index < -0.39 is 11.8 Å². The van der Waals surface area contributed by atoms with Gasteiger partial charge in [0, 0.05) is 12.1 Å². The summed E-state index contributed by atoms with van der Waals surface area (Å²) in [5, 5.41) is 8.97. The Morgan fingerprint density at radius 3 is 2.79 bits per heavy atom. The summed E-state index contributed by atoms with van der Waals surface area (Å²) in [7, 11) is 0. The topological polar surface area (TPSA) is 65.0 Å². The third-order valence-electron chi connectivity index (χ3n) is 4.12. The lowest BCUT2D eigenvalue weighted by atomic mass is 9.96. The van der Waals surface area contributed by atoms with Crippen molar-refractivity contribution < 1.29 is 28.5 Å². The number of carboxylic acids is 1. The molecule has 0 saturated heterocycles. The minimum atomic E-state index is -0.900. The lowest BCUT2D eigenvalue weighted by Crippen LogP contribution is -2.34. The Bertz CT molecular complexity index is 917. The number of halogens is 2. The molecule has 7 heteroatoms. The van der Waals surface area contributed by atoms with Gasteiger partial charge >= 0.3 is 5.97 Å². The SMILES string of the molecule is CC#C[C@@H](CC(=O)O)c1ccc(OC[C@H]2COc3cc(F)c(Cl)cc3O2)cc1. The van der Waals surface area contributed by atoms with Crippen molar-refractivity contribution in [3.63, 3.8) is 0 Å². The highest BCUT2D eigenvalue weighted by molar-refractivity contribution is 6.30.